The van der Waals surface area contributed by atoms with Gasteiger partial charge in [-0.3, -0.25) is 19.3 Å². The van der Waals surface area contributed by atoms with Crippen molar-refractivity contribution in [1.29, 1.82) is 0 Å². The molecule has 9 nitrogen and oxygen atoms in total. The van der Waals surface area contributed by atoms with Gasteiger partial charge in [-0.05, 0) is 62.7 Å². The van der Waals surface area contributed by atoms with Crippen molar-refractivity contribution in [3.8, 4) is 17.6 Å². The fraction of sp³-hybridized carbons (Fsp3) is 0.276. The minimum absolute atomic E-state index is 0.0208. The molecule has 0 radical (unpaired) electrons. The van der Waals surface area contributed by atoms with Gasteiger partial charge in [-0.15, -0.1) is 0 Å². The predicted molar refractivity (Wildman–Crippen MR) is 136 cm³/mol. The first-order valence-electron chi connectivity index (χ1n) is 12.0. The number of phenolic OH excluding ortho intramolecular Hbond substituents is 1. The van der Waals surface area contributed by atoms with Crippen molar-refractivity contribution >= 4 is 17.5 Å². The number of carbonyl (C=O) groups is 3. The number of likely N-dealkylation sites (N-methyl/N-ethyl adjacent to an activating group) is 1. The minimum atomic E-state index is -2.66. The van der Waals surface area contributed by atoms with Crippen LogP contribution in [0, 0.1) is 23.7 Å². The molecule has 3 aliphatic carbocycles. The van der Waals surface area contributed by atoms with Crippen LogP contribution in [0.3, 0.4) is 0 Å². The Morgan fingerprint density at radius 3 is 2.37 bits per heavy atom. The molecule has 0 fully saturated rings. The standard InChI is InChI=1S/C29H26N2O7/c1-31(2)23-18-13-16-12-17-15(9-8-14-6-4-3-5-7-14)10-11-19(32)21(17)24(33)20(16)26(35)29(18,38)27(36)22(25(23)34)28(30)37/h3-7,10-11,16,18,23,32,34-35,38H,12-13H2,1-2H3,(H2,30,37)/t16-,18-,23-,29+/m0/s1. The number of allylic oxidation sites excluding steroid dienone is 1. The van der Waals surface area contributed by atoms with E-state index in [2.05, 4.69) is 11.8 Å². The van der Waals surface area contributed by atoms with Crippen molar-refractivity contribution in [3.05, 3.63) is 87.4 Å². The van der Waals surface area contributed by atoms with Crippen LogP contribution in [-0.2, 0) is 16.0 Å². The van der Waals surface area contributed by atoms with Crippen molar-refractivity contribution < 1.29 is 34.8 Å². The number of nitrogens with zero attached hydrogens (tertiary/aromatic N) is 1. The van der Waals surface area contributed by atoms with Gasteiger partial charge in [0.05, 0.1) is 11.6 Å². The summed E-state index contributed by atoms with van der Waals surface area (Å²) in [4.78, 5) is 40.6. The number of primary amides is 1. The van der Waals surface area contributed by atoms with Crippen LogP contribution < -0.4 is 5.73 Å². The van der Waals surface area contributed by atoms with Gasteiger partial charge in [-0.1, -0.05) is 30.0 Å². The number of benzene rings is 2. The SMILES string of the molecule is CN(C)[C@@H]1C(O)=C(C(N)=O)C(=O)[C@]2(O)C(O)=C3C(=O)c4c(O)ccc(C#Cc5ccccc5)c4C[C@H]3C[C@@H]12. The van der Waals surface area contributed by atoms with Crippen LogP contribution in [0.2, 0.25) is 0 Å². The second-order valence-electron chi connectivity index (χ2n) is 10.1. The number of nitrogens with two attached hydrogens (primary N) is 1. The summed E-state index contributed by atoms with van der Waals surface area (Å²) in [5.41, 5.74) is 3.37. The summed E-state index contributed by atoms with van der Waals surface area (Å²) in [7, 11) is 3.17. The zero-order valence-corrected chi connectivity index (χ0v) is 20.7. The first kappa shape index (κ1) is 25.3. The highest BCUT2D eigenvalue weighted by molar-refractivity contribution is 6.24. The highest BCUT2D eigenvalue weighted by Gasteiger charge is 2.63. The summed E-state index contributed by atoms with van der Waals surface area (Å²) in [5, 5.41) is 44.4. The Morgan fingerprint density at radius 1 is 1.05 bits per heavy atom. The zero-order valence-electron chi connectivity index (χ0n) is 20.7. The molecular weight excluding hydrogens is 488 g/mol. The van der Waals surface area contributed by atoms with Crippen molar-refractivity contribution in [3.63, 3.8) is 0 Å². The first-order chi connectivity index (χ1) is 18.0. The largest absolute Gasteiger partial charge is 0.510 e. The van der Waals surface area contributed by atoms with E-state index in [0.29, 0.717) is 11.1 Å². The van der Waals surface area contributed by atoms with Gasteiger partial charge in [-0.25, -0.2) is 0 Å². The van der Waals surface area contributed by atoms with Crippen molar-refractivity contribution in [2.24, 2.45) is 17.6 Å². The molecule has 6 N–H and O–H groups in total. The molecule has 3 aliphatic rings. The Bertz CT molecular complexity index is 1530. The summed E-state index contributed by atoms with van der Waals surface area (Å²) in [5.74, 6) is -0.698. The maximum atomic E-state index is 13.7. The van der Waals surface area contributed by atoms with Gasteiger partial charge in [0.1, 0.15) is 22.8 Å². The Morgan fingerprint density at radius 2 is 1.74 bits per heavy atom. The number of phenols is 1. The Labute approximate surface area is 218 Å². The lowest BCUT2D eigenvalue weighted by Gasteiger charge is -2.50. The predicted octanol–water partition coefficient (Wildman–Crippen LogP) is 1.52. The van der Waals surface area contributed by atoms with E-state index < -0.39 is 58.0 Å². The van der Waals surface area contributed by atoms with Crippen LogP contribution in [0.15, 0.2) is 65.1 Å². The molecule has 0 spiro atoms. The van der Waals surface area contributed by atoms with E-state index in [1.165, 1.54) is 11.0 Å². The van der Waals surface area contributed by atoms with Crippen LogP contribution in [0.1, 0.15) is 33.5 Å². The number of amides is 1. The third-order valence-corrected chi connectivity index (χ3v) is 7.72. The maximum absolute atomic E-state index is 13.7. The molecule has 0 heterocycles. The lowest BCUT2D eigenvalue weighted by Crippen LogP contribution is -2.63. The number of rotatable bonds is 2. The van der Waals surface area contributed by atoms with E-state index in [0.717, 1.165) is 5.56 Å². The van der Waals surface area contributed by atoms with Crippen LogP contribution in [-0.4, -0.2) is 68.5 Å². The molecule has 4 atom stereocenters. The summed E-state index contributed by atoms with van der Waals surface area (Å²) >= 11 is 0. The molecule has 0 aliphatic heterocycles. The molecule has 1 amide bonds. The summed E-state index contributed by atoms with van der Waals surface area (Å²) in [6.07, 6.45) is 0.203. The average molecular weight is 515 g/mol. The molecule has 0 aromatic heterocycles. The summed E-state index contributed by atoms with van der Waals surface area (Å²) < 4.78 is 0. The molecule has 0 bridgehead atoms. The van der Waals surface area contributed by atoms with E-state index >= 15 is 0 Å². The van der Waals surface area contributed by atoms with Crippen molar-refractivity contribution in [2.75, 3.05) is 14.1 Å². The monoisotopic (exact) mass is 514 g/mol. The Hall–Kier alpha value is -4.39. The number of Topliss-reactive ketones (excluding diaryl/α,β-unsaturated/α-hetero) is 2. The Kier molecular flexibility index (Phi) is 5.90. The van der Waals surface area contributed by atoms with E-state index in [-0.39, 0.29) is 29.7 Å². The van der Waals surface area contributed by atoms with Gasteiger partial charge in [-0.2, -0.15) is 0 Å². The molecule has 0 saturated carbocycles. The lowest BCUT2D eigenvalue weighted by molar-refractivity contribution is -0.148. The molecule has 2 aromatic carbocycles. The minimum Gasteiger partial charge on any atom is -0.510 e. The average Bonchev–Trinajstić information content (AvgIpc) is 2.86. The second kappa shape index (κ2) is 8.87. The number of aliphatic hydroxyl groups excluding tert-OH is 2. The molecule has 2 aromatic rings. The highest BCUT2D eigenvalue weighted by Crippen LogP contribution is 2.52. The van der Waals surface area contributed by atoms with Gasteiger partial charge in [0.25, 0.3) is 5.91 Å². The zero-order chi connectivity index (χ0) is 27.5. The molecule has 5 rings (SSSR count). The van der Waals surface area contributed by atoms with E-state index in [9.17, 15) is 34.8 Å². The summed E-state index contributed by atoms with van der Waals surface area (Å²) in [6.45, 7) is 0. The number of carbonyl (C=O) groups excluding carboxylic acids is 3. The fourth-order valence-electron chi connectivity index (χ4n) is 6.03. The van der Waals surface area contributed by atoms with Gasteiger partial charge in [0.15, 0.2) is 11.4 Å². The van der Waals surface area contributed by atoms with Gasteiger partial charge in [0, 0.05) is 22.6 Å². The molecule has 0 unspecified atom stereocenters. The molecule has 38 heavy (non-hydrogen) atoms. The first-order valence-corrected chi connectivity index (χ1v) is 12.0. The van der Waals surface area contributed by atoms with Gasteiger partial charge >= 0.3 is 0 Å². The van der Waals surface area contributed by atoms with Crippen molar-refractivity contribution in [1.82, 2.24) is 4.90 Å². The van der Waals surface area contributed by atoms with E-state index in [1.807, 2.05) is 30.3 Å². The smallest absolute Gasteiger partial charge is 0.255 e. The number of ketones is 2. The fourth-order valence-corrected chi connectivity index (χ4v) is 6.03. The van der Waals surface area contributed by atoms with Gasteiger partial charge < -0.3 is 26.2 Å². The quantitative estimate of drug-likeness (QED) is 0.298. The van der Waals surface area contributed by atoms with Crippen LogP contribution >= 0.6 is 0 Å². The molecular formula is C29H26N2O7. The Balaban J connectivity index is 1.68. The highest BCUT2D eigenvalue weighted by atomic mass is 16.3. The maximum Gasteiger partial charge on any atom is 0.255 e. The summed E-state index contributed by atoms with van der Waals surface area (Å²) in [6, 6.07) is 11.2. The number of hydrogen-bond donors (Lipinski definition) is 5. The molecule has 194 valence electrons. The number of aromatic hydroxyl groups is 1. The second-order valence-corrected chi connectivity index (χ2v) is 10.1. The van der Waals surface area contributed by atoms with Crippen LogP contribution in [0.5, 0.6) is 5.75 Å². The molecule has 9 heteroatoms. The third kappa shape index (κ3) is 3.53. The van der Waals surface area contributed by atoms with E-state index in [4.69, 9.17) is 5.73 Å². The number of hydrogen-bond acceptors (Lipinski definition) is 8. The molecule has 0 saturated heterocycles. The lowest BCUT2D eigenvalue weighted by atomic mass is 9.58. The van der Waals surface area contributed by atoms with Crippen LogP contribution in [0.4, 0.5) is 0 Å². The topological polar surface area (TPSA) is 161 Å². The number of fused-ring (bicyclic) bond motifs is 3. The van der Waals surface area contributed by atoms with Crippen molar-refractivity contribution in [2.45, 2.75) is 24.5 Å². The van der Waals surface area contributed by atoms with Crippen LogP contribution in [0.25, 0.3) is 0 Å². The number of aliphatic hydroxyl groups is 3. The van der Waals surface area contributed by atoms with Gasteiger partial charge in [0.2, 0.25) is 5.78 Å². The van der Waals surface area contributed by atoms with E-state index in [1.54, 1.807) is 20.2 Å². The third-order valence-electron chi connectivity index (χ3n) is 7.72. The normalized spacial score (nSPS) is 26.4.